The van der Waals surface area contributed by atoms with Crippen LogP contribution in [0.15, 0.2) is 171 Å². The fourth-order valence-electron chi connectivity index (χ4n) is 7.87. The van der Waals surface area contributed by atoms with Crippen molar-refractivity contribution < 1.29 is 0 Å². The largest absolute Gasteiger partial charge is 0.0984 e. The molecule has 0 heterocycles. The third-order valence-corrected chi connectivity index (χ3v) is 9.99. The van der Waals surface area contributed by atoms with Crippen molar-refractivity contribution in [3.63, 3.8) is 0 Å². The van der Waals surface area contributed by atoms with Crippen LogP contribution in [0.3, 0.4) is 0 Å². The maximum absolute atomic E-state index is 4.19. The molecule has 0 nitrogen and oxygen atoms in total. The first-order chi connectivity index (χ1) is 23.7. The molecule has 0 atom stereocenters. The average Bonchev–Trinajstić information content (AvgIpc) is 3.16. The highest BCUT2D eigenvalue weighted by Gasteiger charge is 2.17. The van der Waals surface area contributed by atoms with Gasteiger partial charge in [-0.2, -0.15) is 0 Å². The molecule has 224 valence electrons. The lowest BCUT2D eigenvalue weighted by Gasteiger charge is -2.18. The van der Waals surface area contributed by atoms with E-state index in [0.717, 1.165) is 11.1 Å². The fourth-order valence-corrected chi connectivity index (χ4v) is 7.87. The smallest absolute Gasteiger partial charge is 0.00266 e. The van der Waals surface area contributed by atoms with Gasteiger partial charge in [-0.3, -0.25) is 0 Å². The van der Waals surface area contributed by atoms with Gasteiger partial charge in [0.15, 0.2) is 0 Å². The van der Waals surface area contributed by atoms with Crippen molar-refractivity contribution in [3.8, 4) is 33.4 Å². The number of hydrogen-bond acceptors (Lipinski definition) is 0. The molecule has 9 aromatic rings. The van der Waals surface area contributed by atoms with Gasteiger partial charge in [-0.1, -0.05) is 171 Å². The molecule has 0 amide bonds. The minimum Gasteiger partial charge on any atom is -0.0984 e. The minimum atomic E-state index is 1.09. The summed E-state index contributed by atoms with van der Waals surface area (Å²) >= 11 is 0. The second kappa shape index (κ2) is 11.2. The molecule has 9 aromatic carbocycles. The van der Waals surface area contributed by atoms with E-state index in [-0.39, 0.29) is 0 Å². The molecule has 0 spiro atoms. The summed E-state index contributed by atoms with van der Waals surface area (Å²) in [5, 5.41) is 12.5. The summed E-state index contributed by atoms with van der Waals surface area (Å²) < 4.78 is 0. The van der Waals surface area contributed by atoms with Gasteiger partial charge in [0.1, 0.15) is 0 Å². The summed E-state index contributed by atoms with van der Waals surface area (Å²) in [6, 6.07) is 57.6. The van der Waals surface area contributed by atoms with Crippen molar-refractivity contribution in [1.29, 1.82) is 0 Å². The van der Waals surface area contributed by atoms with Crippen LogP contribution in [-0.4, -0.2) is 0 Å². The molecule has 0 saturated heterocycles. The lowest BCUT2D eigenvalue weighted by Crippen LogP contribution is -1.93. The van der Waals surface area contributed by atoms with Crippen molar-refractivity contribution in [1.82, 2.24) is 0 Å². The predicted octanol–water partition coefficient (Wildman–Crippen LogP) is 13.7. The van der Waals surface area contributed by atoms with Crippen LogP contribution in [-0.2, 0) is 0 Å². The van der Waals surface area contributed by atoms with E-state index in [1.165, 1.54) is 87.2 Å². The molecular weight excluding hydrogens is 577 g/mol. The van der Waals surface area contributed by atoms with E-state index in [4.69, 9.17) is 0 Å². The number of hydrogen-bond donors (Lipinski definition) is 0. The first kappa shape index (κ1) is 28.0. The topological polar surface area (TPSA) is 0 Å². The van der Waals surface area contributed by atoms with Crippen LogP contribution in [0.5, 0.6) is 0 Å². The molecule has 0 aliphatic carbocycles. The van der Waals surface area contributed by atoms with Crippen LogP contribution in [0.25, 0.3) is 99.4 Å². The van der Waals surface area contributed by atoms with Crippen LogP contribution >= 0.6 is 0 Å². The Morgan fingerprint density at radius 3 is 1.44 bits per heavy atom. The second-order valence-corrected chi connectivity index (χ2v) is 12.5. The molecule has 9 rings (SSSR count). The summed E-state index contributed by atoms with van der Waals surface area (Å²) in [4.78, 5) is 0. The molecule has 0 aromatic heterocycles. The zero-order valence-corrected chi connectivity index (χ0v) is 26.6. The van der Waals surface area contributed by atoms with Gasteiger partial charge < -0.3 is 0 Å². The highest BCUT2D eigenvalue weighted by Crippen LogP contribution is 2.44. The summed E-state index contributed by atoms with van der Waals surface area (Å²) in [5.74, 6) is 0. The van der Waals surface area contributed by atoms with Crippen molar-refractivity contribution in [3.05, 3.63) is 182 Å². The second-order valence-electron chi connectivity index (χ2n) is 12.5. The molecule has 48 heavy (non-hydrogen) atoms. The molecule has 0 aliphatic rings. The van der Waals surface area contributed by atoms with Crippen LogP contribution in [0, 0.1) is 0 Å². The van der Waals surface area contributed by atoms with Crippen molar-refractivity contribution in [2.45, 2.75) is 0 Å². The summed E-state index contributed by atoms with van der Waals surface area (Å²) in [6.07, 6.45) is 3.92. The van der Waals surface area contributed by atoms with E-state index in [9.17, 15) is 0 Å². The SMILES string of the molecule is C=Cc1cc2c(ccc3c(-c4cccc5c4ccc4c(-c6ccccc6)c6ccccc6cc45)cccc32)c(-c2ccccc2)c1C=C. The standard InChI is InChI=1S/C48H32/c1-3-31-29-45-39-23-13-21-37(41(39)25-27-43(45)47(35(31)4-2)32-15-7-5-8-16-32)38-22-14-24-40-42(38)26-28-44-46(40)30-34-19-11-12-20-36(34)48(44)33-17-9-6-10-18-33/h3-30H,1-2H2. The quantitative estimate of drug-likeness (QED) is 0.135. The van der Waals surface area contributed by atoms with Gasteiger partial charge >= 0.3 is 0 Å². The number of benzene rings is 9. The van der Waals surface area contributed by atoms with E-state index >= 15 is 0 Å². The molecule has 0 heteroatoms. The fraction of sp³-hybridized carbons (Fsp3) is 0. The van der Waals surface area contributed by atoms with Crippen LogP contribution in [0.2, 0.25) is 0 Å². The molecule has 0 fully saturated rings. The number of rotatable bonds is 5. The van der Waals surface area contributed by atoms with Crippen molar-refractivity contribution in [2.75, 3.05) is 0 Å². The van der Waals surface area contributed by atoms with E-state index < -0.39 is 0 Å². The van der Waals surface area contributed by atoms with Gasteiger partial charge in [-0.15, -0.1) is 0 Å². The monoisotopic (exact) mass is 608 g/mol. The van der Waals surface area contributed by atoms with Gasteiger partial charge in [0.05, 0.1) is 0 Å². The molecular formula is C48H32. The normalized spacial score (nSPS) is 11.5. The van der Waals surface area contributed by atoms with Crippen LogP contribution in [0.4, 0.5) is 0 Å². The maximum atomic E-state index is 4.19. The van der Waals surface area contributed by atoms with E-state index in [0.29, 0.717) is 0 Å². The molecule has 0 saturated carbocycles. The average molecular weight is 609 g/mol. The zero-order valence-electron chi connectivity index (χ0n) is 26.6. The van der Waals surface area contributed by atoms with Gasteiger partial charge in [-0.05, 0) is 111 Å². The lowest BCUT2D eigenvalue weighted by molar-refractivity contribution is 1.61. The first-order valence-electron chi connectivity index (χ1n) is 16.5. The van der Waals surface area contributed by atoms with Crippen LogP contribution < -0.4 is 0 Å². The Hall–Kier alpha value is -6.24. The first-order valence-corrected chi connectivity index (χ1v) is 16.5. The molecule has 0 N–H and O–H groups in total. The van der Waals surface area contributed by atoms with Crippen molar-refractivity contribution >= 4 is 66.0 Å². The Labute approximate surface area is 280 Å². The maximum Gasteiger partial charge on any atom is -0.00266 e. The van der Waals surface area contributed by atoms with Gasteiger partial charge in [0, 0.05) is 0 Å². The Kier molecular flexibility index (Phi) is 6.55. The van der Waals surface area contributed by atoms with Gasteiger partial charge in [-0.25, -0.2) is 0 Å². The van der Waals surface area contributed by atoms with Crippen LogP contribution in [0.1, 0.15) is 11.1 Å². The van der Waals surface area contributed by atoms with E-state index in [1.807, 2.05) is 12.2 Å². The highest BCUT2D eigenvalue weighted by atomic mass is 14.2. The summed E-state index contributed by atoms with van der Waals surface area (Å²) in [6.45, 7) is 8.37. The minimum absolute atomic E-state index is 1.09. The molecule has 0 unspecified atom stereocenters. The molecule has 0 radical (unpaired) electrons. The summed E-state index contributed by atoms with van der Waals surface area (Å²) in [5.41, 5.74) is 9.59. The van der Waals surface area contributed by atoms with E-state index in [1.54, 1.807) is 0 Å². The lowest BCUT2D eigenvalue weighted by atomic mass is 9.85. The summed E-state index contributed by atoms with van der Waals surface area (Å²) in [7, 11) is 0. The Morgan fingerprint density at radius 2 is 0.833 bits per heavy atom. The van der Waals surface area contributed by atoms with E-state index in [2.05, 4.69) is 171 Å². The van der Waals surface area contributed by atoms with Crippen molar-refractivity contribution in [2.24, 2.45) is 0 Å². The Bertz CT molecular complexity index is 2730. The zero-order chi connectivity index (χ0) is 32.2. The van der Waals surface area contributed by atoms with Gasteiger partial charge in [0.2, 0.25) is 0 Å². The molecule has 0 aliphatic heterocycles. The highest BCUT2D eigenvalue weighted by molar-refractivity contribution is 6.23. The third kappa shape index (κ3) is 4.24. The Morgan fingerprint density at radius 1 is 0.333 bits per heavy atom. The number of fused-ring (bicyclic) bond motifs is 7. The Balaban J connectivity index is 1.33. The third-order valence-electron chi connectivity index (χ3n) is 9.99. The molecule has 0 bridgehead atoms. The predicted molar refractivity (Wildman–Crippen MR) is 210 cm³/mol. The van der Waals surface area contributed by atoms with Gasteiger partial charge in [0.25, 0.3) is 0 Å².